The number of rotatable bonds is 3. The van der Waals surface area contributed by atoms with Crippen molar-refractivity contribution in [1.29, 1.82) is 0 Å². The van der Waals surface area contributed by atoms with Gasteiger partial charge in [0.1, 0.15) is 5.75 Å². The molecule has 0 spiro atoms. The van der Waals surface area contributed by atoms with Gasteiger partial charge >= 0.3 is 0 Å². The van der Waals surface area contributed by atoms with E-state index in [2.05, 4.69) is 15.6 Å². The molecule has 0 saturated heterocycles. The van der Waals surface area contributed by atoms with Crippen LogP contribution in [0.2, 0.25) is 0 Å². The molecule has 2 aromatic rings. The summed E-state index contributed by atoms with van der Waals surface area (Å²) in [5.74, 6) is 0.579. The second-order valence-electron chi connectivity index (χ2n) is 4.29. The van der Waals surface area contributed by atoms with Crippen LogP contribution in [-0.4, -0.2) is 17.0 Å². The normalized spacial score (nSPS) is 17.3. The molecule has 1 unspecified atom stereocenters. The van der Waals surface area contributed by atoms with E-state index in [0.29, 0.717) is 18.0 Å². The van der Waals surface area contributed by atoms with E-state index in [4.69, 9.17) is 4.74 Å². The van der Waals surface area contributed by atoms with Gasteiger partial charge in [-0.2, -0.15) is 0 Å². The average Bonchev–Trinajstić information content (AvgIpc) is 2.91. The highest BCUT2D eigenvalue weighted by Gasteiger charge is 2.23. The number of carbonyl (C=O) groups excluding carboxylic acids is 1. The molecule has 1 aromatic carbocycles. The Balaban J connectivity index is 1.74. The van der Waals surface area contributed by atoms with Gasteiger partial charge in [0.05, 0.1) is 23.4 Å². The van der Waals surface area contributed by atoms with Crippen molar-refractivity contribution < 1.29 is 9.53 Å². The molecular weight excluding hydrogens is 262 g/mol. The van der Waals surface area contributed by atoms with Crippen LogP contribution in [0.1, 0.15) is 12.6 Å². The van der Waals surface area contributed by atoms with Gasteiger partial charge in [-0.05, 0) is 25.1 Å². The van der Waals surface area contributed by atoms with Gasteiger partial charge < -0.3 is 15.4 Å². The third kappa shape index (κ3) is 2.53. The number of fused-ring (bicyclic) bond motifs is 1. The van der Waals surface area contributed by atoms with Crippen molar-refractivity contribution in [2.45, 2.75) is 19.6 Å². The predicted octanol–water partition coefficient (Wildman–Crippen LogP) is 2.47. The third-order valence-electron chi connectivity index (χ3n) is 2.87. The number of carbonyl (C=O) groups is 1. The maximum absolute atomic E-state index is 11.5. The van der Waals surface area contributed by atoms with E-state index in [9.17, 15) is 4.79 Å². The van der Waals surface area contributed by atoms with E-state index in [1.807, 2.05) is 23.6 Å². The minimum absolute atomic E-state index is 0.121. The Morgan fingerprint density at radius 2 is 2.42 bits per heavy atom. The number of anilines is 2. The van der Waals surface area contributed by atoms with Crippen molar-refractivity contribution in [3.63, 3.8) is 0 Å². The predicted molar refractivity (Wildman–Crippen MR) is 74.6 cm³/mol. The van der Waals surface area contributed by atoms with E-state index < -0.39 is 6.10 Å². The van der Waals surface area contributed by atoms with E-state index in [1.165, 1.54) is 0 Å². The van der Waals surface area contributed by atoms with Gasteiger partial charge in [0.2, 0.25) is 0 Å². The van der Waals surface area contributed by atoms with Crippen LogP contribution in [0, 0.1) is 0 Å². The molecule has 5 nitrogen and oxygen atoms in total. The largest absolute Gasteiger partial charge is 0.479 e. The highest BCUT2D eigenvalue weighted by molar-refractivity contribution is 7.07. The second kappa shape index (κ2) is 4.89. The highest BCUT2D eigenvalue weighted by Crippen LogP contribution is 2.32. The van der Waals surface area contributed by atoms with Gasteiger partial charge in [-0.15, -0.1) is 11.3 Å². The van der Waals surface area contributed by atoms with Crippen LogP contribution >= 0.6 is 11.3 Å². The number of hydrogen-bond acceptors (Lipinski definition) is 5. The zero-order valence-electron chi connectivity index (χ0n) is 10.3. The van der Waals surface area contributed by atoms with Crippen LogP contribution in [0.15, 0.2) is 29.1 Å². The van der Waals surface area contributed by atoms with Crippen molar-refractivity contribution >= 4 is 28.6 Å². The fraction of sp³-hybridized carbons (Fsp3) is 0.231. The van der Waals surface area contributed by atoms with E-state index >= 15 is 0 Å². The zero-order chi connectivity index (χ0) is 13.2. The number of amides is 1. The monoisotopic (exact) mass is 275 g/mol. The molecule has 0 fully saturated rings. The summed E-state index contributed by atoms with van der Waals surface area (Å²) < 4.78 is 5.50. The molecule has 6 heteroatoms. The summed E-state index contributed by atoms with van der Waals surface area (Å²) in [6.45, 7) is 2.39. The lowest BCUT2D eigenvalue weighted by atomic mass is 10.2. The number of nitrogens with one attached hydrogen (secondary N) is 2. The zero-order valence-corrected chi connectivity index (χ0v) is 11.2. The van der Waals surface area contributed by atoms with Crippen LogP contribution in [0.3, 0.4) is 0 Å². The first-order valence-electron chi connectivity index (χ1n) is 5.95. The summed E-state index contributed by atoms with van der Waals surface area (Å²) in [5.41, 5.74) is 4.42. The van der Waals surface area contributed by atoms with Gasteiger partial charge in [-0.3, -0.25) is 4.79 Å². The van der Waals surface area contributed by atoms with Crippen molar-refractivity contribution in [2.24, 2.45) is 0 Å². The summed E-state index contributed by atoms with van der Waals surface area (Å²) in [5, 5.41) is 8.08. The SMILES string of the molecule is CC1Oc2ccc(NCc3cscn3)cc2NC1=O. The number of aromatic nitrogens is 1. The van der Waals surface area contributed by atoms with Crippen LogP contribution < -0.4 is 15.4 Å². The molecule has 2 N–H and O–H groups in total. The first-order chi connectivity index (χ1) is 9.22. The van der Waals surface area contributed by atoms with Crippen LogP contribution in [0.5, 0.6) is 5.75 Å². The third-order valence-corrected chi connectivity index (χ3v) is 3.50. The molecule has 98 valence electrons. The number of nitrogens with zero attached hydrogens (tertiary/aromatic N) is 1. The van der Waals surface area contributed by atoms with Gasteiger partial charge in [-0.1, -0.05) is 0 Å². The van der Waals surface area contributed by atoms with Gasteiger partial charge in [0, 0.05) is 11.1 Å². The fourth-order valence-electron chi connectivity index (χ4n) is 1.84. The summed E-state index contributed by atoms with van der Waals surface area (Å²) in [6, 6.07) is 5.65. The molecule has 0 radical (unpaired) electrons. The highest BCUT2D eigenvalue weighted by atomic mass is 32.1. The molecule has 19 heavy (non-hydrogen) atoms. The number of benzene rings is 1. The van der Waals surface area contributed by atoms with Crippen molar-refractivity contribution in [3.8, 4) is 5.75 Å². The van der Waals surface area contributed by atoms with Crippen LogP contribution in [-0.2, 0) is 11.3 Å². The van der Waals surface area contributed by atoms with Crippen molar-refractivity contribution in [1.82, 2.24) is 4.98 Å². The van der Waals surface area contributed by atoms with Gasteiger partial charge in [-0.25, -0.2) is 4.98 Å². The summed E-state index contributed by atoms with van der Waals surface area (Å²) in [7, 11) is 0. The fourth-order valence-corrected chi connectivity index (χ4v) is 2.39. The number of thiazole rings is 1. The summed E-state index contributed by atoms with van der Waals surface area (Å²) in [6.07, 6.45) is -0.443. The van der Waals surface area contributed by atoms with Gasteiger partial charge in [0.25, 0.3) is 5.91 Å². The molecule has 2 heterocycles. The molecular formula is C13H13N3O2S. The van der Waals surface area contributed by atoms with Gasteiger partial charge in [0.15, 0.2) is 6.10 Å². The second-order valence-corrected chi connectivity index (χ2v) is 5.01. The molecule has 1 atom stereocenters. The van der Waals surface area contributed by atoms with E-state index in [-0.39, 0.29) is 5.91 Å². The minimum atomic E-state index is -0.443. The molecule has 1 aromatic heterocycles. The topological polar surface area (TPSA) is 63.2 Å². The minimum Gasteiger partial charge on any atom is -0.479 e. The van der Waals surface area contributed by atoms with Crippen LogP contribution in [0.4, 0.5) is 11.4 Å². The Labute approximate surface area is 114 Å². The van der Waals surface area contributed by atoms with Crippen molar-refractivity contribution in [2.75, 3.05) is 10.6 Å². The number of ether oxygens (including phenoxy) is 1. The molecule has 1 aliphatic rings. The molecule has 1 amide bonds. The smallest absolute Gasteiger partial charge is 0.265 e. The average molecular weight is 275 g/mol. The van der Waals surface area contributed by atoms with E-state index in [0.717, 1.165) is 11.4 Å². The Hall–Kier alpha value is -2.08. The first-order valence-corrected chi connectivity index (χ1v) is 6.89. The Bertz CT molecular complexity index is 598. The lowest BCUT2D eigenvalue weighted by molar-refractivity contribution is -0.122. The molecule has 1 aliphatic heterocycles. The maximum Gasteiger partial charge on any atom is 0.265 e. The maximum atomic E-state index is 11.5. The number of hydrogen-bond donors (Lipinski definition) is 2. The summed E-state index contributed by atoms with van der Waals surface area (Å²) in [4.78, 5) is 15.7. The molecule has 3 rings (SSSR count). The summed E-state index contributed by atoms with van der Waals surface area (Å²) >= 11 is 1.57. The molecule has 0 saturated carbocycles. The lowest BCUT2D eigenvalue weighted by Gasteiger charge is -2.23. The Kier molecular flexibility index (Phi) is 3.08. The Morgan fingerprint density at radius 1 is 1.53 bits per heavy atom. The first kappa shape index (κ1) is 12.0. The Morgan fingerprint density at radius 3 is 3.21 bits per heavy atom. The molecule has 0 aliphatic carbocycles. The van der Waals surface area contributed by atoms with E-state index in [1.54, 1.807) is 23.8 Å². The quantitative estimate of drug-likeness (QED) is 0.903. The standard InChI is InChI=1S/C13H13N3O2S/c1-8-13(17)16-11-4-9(2-3-12(11)18-8)14-5-10-6-19-7-15-10/h2-4,6-8,14H,5H2,1H3,(H,16,17). The lowest BCUT2D eigenvalue weighted by Crippen LogP contribution is -2.34. The molecule has 0 bridgehead atoms. The van der Waals surface area contributed by atoms with Crippen LogP contribution in [0.25, 0.3) is 0 Å². The van der Waals surface area contributed by atoms with Crippen molar-refractivity contribution in [3.05, 3.63) is 34.8 Å².